The lowest BCUT2D eigenvalue weighted by Gasteiger charge is -2.12. The zero-order valence-corrected chi connectivity index (χ0v) is 15.4. The predicted octanol–water partition coefficient (Wildman–Crippen LogP) is 4.40. The molecule has 0 spiro atoms. The summed E-state index contributed by atoms with van der Waals surface area (Å²) in [5.74, 6) is 0.175. The van der Waals surface area contributed by atoms with E-state index in [0.29, 0.717) is 22.2 Å². The summed E-state index contributed by atoms with van der Waals surface area (Å²) in [5.41, 5.74) is 2.16. The average Bonchev–Trinajstić information content (AvgIpc) is 2.75. The third kappa shape index (κ3) is 3.18. The van der Waals surface area contributed by atoms with Gasteiger partial charge in [-0.3, -0.25) is 9.79 Å². The Morgan fingerprint density at radius 3 is 2.39 bits per heavy atom. The summed E-state index contributed by atoms with van der Waals surface area (Å²) in [6.07, 6.45) is 4.14. The summed E-state index contributed by atoms with van der Waals surface area (Å²) in [6.45, 7) is 2.10. The van der Waals surface area contributed by atoms with Crippen molar-refractivity contribution in [3.05, 3.63) is 94.4 Å². The normalized spacial score (nSPS) is 11.3. The predicted molar refractivity (Wildman–Crippen MR) is 112 cm³/mol. The van der Waals surface area contributed by atoms with Crippen LogP contribution in [0, 0.1) is 0 Å². The van der Waals surface area contributed by atoms with E-state index in [2.05, 4.69) is 16.9 Å². The Labute approximate surface area is 162 Å². The van der Waals surface area contributed by atoms with Gasteiger partial charge in [0.1, 0.15) is 5.82 Å². The first kappa shape index (κ1) is 17.7. The number of aliphatic imine (C=N–C) groups is 1. The highest BCUT2D eigenvalue weighted by molar-refractivity contribution is 6.02. The molecule has 2 heterocycles. The summed E-state index contributed by atoms with van der Waals surface area (Å²) in [6, 6.07) is 20.3. The van der Waals surface area contributed by atoms with Crippen molar-refractivity contribution in [2.75, 3.05) is 0 Å². The SMILES string of the molecule is CCc1ccc(N=Cc2c(O)n(-c3ccccn3)c(=O)c3ccccc23)cc1. The van der Waals surface area contributed by atoms with Gasteiger partial charge >= 0.3 is 0 Å². The maximum absolute atomic E-state index is 13.0. The van der Waals surface area contributed by atoms with Crippen LogP contribution in [-0.2, 0) is 6.42 Å². The number of rotatable bonds is 4. The Kier molecular flexibility index (Phi) is 4.72. The lowest BCUT2D eigenvalue weighted by atomic mass is 10.1. The molecule has 0 aliphatic carbocycles. The van der Waals surface area contributed by atoms with E-state index in [1.165, 1.54) is 10.1 Å². The molecule has 0 atom stereocenters. The quantitative estimate of drug-likeness (QED) is 0.542. The van der Waals surface area contributed by atoms with Gasteiger partial charge in [-0.25, -0.2) is 9.55 Å². The molecule has 0 radical (unpaired) electrons. The second-order valence-corrected chi connectivity index (χ2v) is 6.39. The topological polar surface area (TPSA) is 67.5 Å². The molecule has 0 saturated carbocycles. The molecule has 1 N–H and O–H groups in total. The van der Waals surface area contributed by atoms with E-state index in [0.717, 1.165) is 12.1 Å². The van der Waals surface area contributed by atoms with Crippen LogP contribution in [-0.4, -0.2) is 20.9 Å². The van der Waals surface area contributed by atoms with E-state index >= 15 is 0 Å². The van der Waals surface area contributed by atoms with Gasteiger partial charge in [0.15, 0.2) is 0 Å². The van der Waals surface area contributed by atoms with Gasteiger partial charge in [0.05, 0.1) is 11.3 Å². The van der Waals surface area contributed by atoms with E-state index in [9.17, 15) is 9.90 Å². The second-order valence-electron chi connectivity index (χ2n) is 6.39. The molecule has 28 heavy (non-hydrogen) atoms. The molecular formula is C23H19N3O2. The molecule has 2 aromatic carbocycles. The fourth-order valence-corrected chi connectivity index (χ4v) is 3.14. The summed E-state index contributed by atoms with van der Waals surface area (Å²) >= 11 is 0. The van der Waals surface area contributed by atoms with Crippen LogP contribution in [0.25, 0.3) is 16.6 Å². The van der Waals surface area contributed by atoms with Crippen LogP contribution < -0.4 is 5.56 Å². The van der Waals surface area contributed by atoms with Crippen molar-refractivity contribution < 1.29 is 5.11 Å². The Hall–Kier alpha value is -3.73. The van der Waals surface area contributed by atoms with Crippen LogP contribution in [0.2, 0.25) is 0 Å². The maximum atomic E-state index is 13.0. The van der Waals surface area contributed by atoms with Crippen molar-refractivity contribution in [2.24, 2.45) is 4.99 Å². The Morgan fingerprint density at radius 1 is 1.00 bits per heavy atom. The average molecular weight is 369 g/mol. The number of nitrogens with zero attached hydrogens (tertiary/aromatic N) is 3. The van der Waals surface area contributed by atoms with Crippen LogP contribution in [0.4, 0.5) is 5.69 Å². The molecule has 138 valence electrons. The van der Waals surface area contributed by atoms with Crippen molar-refractivity contribution in [1.29, 1.82) is 0 Å². The third-order valence-electron chi connectivity index (χ3n) is 4.67. The van der Waals surface area contributed by atoms with Gasteiger partial charge in [0, 0.05) is 23.2 Å². The van der Waals surface area contributed by atoms with Crippen LogP contribution in [0.3, 0.4) is 0 Å². The molecule has 0 bridgehead atoms. The van der Waals surface area contributed by atoms with Gasteiger partial charge in [0.25, 0.3) is 5.56 Å². The molecule has 0 aliphatic heterocycles. The van der Waals surface area contributed by atoms with Crippen molar-refractivity contribution in [2.45, 2.75) is 13.3 Å². The zero-order chi connectivity index (χ0) is 19.5. The van der Waals surface area contributed by atoms with Crippen LogP contribution in [0.1, 0.15) is 18.1 Å². The molecule has 0 aliphatic rings. The van der Waals surface area contributed by atoms with E-state index < -0.39 is 0 Å². The van der Waals surface area contributed by atoms with Gasteiger partial charge in [-0.1, -0.05) is 43.3 Å². The molecule has 4 rings (SSSR count). The lowest BCUT2D eigenvalue weighted by Crippen LogP contribution is -2.20. The minimum Gasteiger partial charge on any atom is -0.494 e. The van der Waals surface area contributed by atoms with Gasteiger partial charge in [-0.2, -0.15) is 0 Å². The van der Waals surface area contributed by atoms with Crippen LogP contribution >= 0.6 is 0 Å². The summed E-state index contributed by atoms with van der Waals surface area (Å²) < 4.78 is 1.21. The number of hydrogen-bond donors (Lipinski definition) is 1. The molecule has 0 saturated heterocycles. The van der Waals surface area contributed by atoms with Gasteiger partial charge in [0.2, 0.25) is 5.88 Å². The van der Waals surface area contributed by atoms with E-state index in [-0.39, 0.29) is 11.4 Å². The highest BCUT2D eigenvalue weighted by Gasteiger charge is 2.16. The largest absolute Gasteiger partial charge is 0.494 e. The first-order valence-corrected chi connectivity index (χ1v) is 9.10. The van der Waals surface area contributed by atoms with Crippen molar-refractivity contribution >= 4 is 22.7 Å². The highest BCUT2D eigenvalue weighted by Crippen LogP contribution is 2.26. The van der Waals surface area contributed by atoms with Gasteiger partial charge in [-0.05, 0) is 42.3 Å². The fourth-order valence-electron chi connectivity index (χ4n) is 3.14. The molecule has 5 heteroatoms. The summed E-state index contributed by atoms with van der Waals surface area (Å²) in [4.78, 5) is 21.7. The molecule has 2 aromatic heterocycles. The van der Waals surface area contributed by atoms with Gasteiger partial charge < -0.3 is 5.11 Å². The monoisotopic (exact) mass is 369 g/mol. The molecule has 4 aromatic rings. The minimum atomic E-state index is -0.323. The first-order chi connectivity index (χ1) is 13.7. The summed E-state index contributed by atoms with van der Waals surface area (Å²) in [5, 5.41) is 12.1. The van der Waals surface area contributed by atoms with Crippen molar-refractivity contribution in [3.63, 3.8) is 0 Å². The minimum absolute atomic E-state index is 0.184. The van der Waals surface area contributed by atoms with Gasteiger partial charge in [-0.15, -0.1) is 0 Å². The molecule has 0 amide bonds. The van der Waals surface area contributed by atoms with Crippen LogP contribution in [0.15, 0.2) is 82.7 Å². The number of pyridine rings is 2. The fraction of sp³-hybridized carbons (Fsp3) is 0.0870. The zero-order valence-electron chi connectivity index (χ0n) is 15.4. The number of fused-ring (bicyclic) bond motifs is 1. The van der Waals surface area contributed by atoms with Crippen molar-refractivity contribution in [1.82, 2.24) is 9.55 Å². The van der Waals surface area contributed by atoms with E-state index in [4.69, 9.17) is 0 Å². The molecule has 0 unspecified atom stereocenters. The molecular weight excluding hydrogens is 350 g/mol. The Bertz CT molecular complexity index is 1210. The van der Waals surface area contributed by atoms with E-state index in [1.807, 2.05) is 30.3 Å². The highest BCUT2D eigenvalue weighted by atomic mass is 16.3. The first-order valence-electron chi connectivity index (χ1n) is 9.10. The second kappa shape index (κ2) is 7.48. The lowest BCUT2D eigenvalue weighted by molar-refractivity contribution is 0.435. The smallest absolute Gasteiger partial charge is 0.267 e. The standard InChI is InChI=1S/C23H19N3O2/c1-2-16-10-12-17(13-11-16)25-15-20-18-7-3-4-8-19(18)22(27)26(23(20)28)21-9-5-6-14-24-21/h3-15,28H,2H2,1H3. The van der Waals surface area contributed by atoms with Crippen LogP contribution in [0.5, 0.6) is 5.88 Å². The number of aromatic hydroxyl groups is 1. The Morgan fingerprint density at radius 2 is 1.71 bits per heavy atom. The molecule has 0 fully saturated rings. The number of aryl methyl sites for hydroxylation is 1. The number of aromatic nitrogens is 2. The maximum Gasteiger partial charge on any atom is 0.267 e. The Balaban J connectivity index is 1.92. The van der Waals surface area contributed by atoms with Crippen molar-refractivity contribution in [3.8, 4) is 11.7 Å². The van der Waals surface area contributed by atoms with E-state index in [1.54, 1.807) is 48.8 Å². The number of benzene rings is 2. The molecule has 5 nitrogen and oxygen atoms in total. The summed E-state index contributed by atoms with van der Waals surface area (Å²) in [7, 11) is 0. The third-order valence-corrected chi connectivity index (χ3v) is 4.67. The number of hydrogen-bond acceptors (Lipinski definition) is 4.